The summed E-state index contributed by atoms with van der Waals surface area (Å²) in [4.78, 5) is 16.6. The first-order chi connectivity index (χ1) is 16.9. The number of imidazole rings is 1. The summed E-state index contributed by atoms with van der Waals surface area (Å²) in [6.07, 6.45) is 3.56. The maximum absolute atomic E-state index is 14.9. The quantitative estimate of drug-likeness (QED) is 0.301. The maximum atomic E-state index is 14.9. The number of hydrogen-bond donors (Lipinski definition) is 1. The van der Waals surface area contributed by atoms with E-state index in [4.69, 9.17) is 13.5 Å². The fourth-order valence-electron chi connectivity index (χ4n) is 3.88. The fourth-order valence-corrected chi connectivity index (χ4v) is 5.35. The Hall–Kier alpha value is -3.26. The first-order valence-corrected chi connectivity index (χ1v) is 13.0. The second-order valence-electron chi connectivity index (χ2n) is 8.19. The number of carbonyl (C=O) groups is 1. The molecular formula is C25H25FN3O5P. The lowest BCUT2D eigenvalue weighted by Gasteiger charge is -2.14. The highest BCUT2D eigenvalue weighted by atomic mass is 31.2. The Kier molecular flexibility index (Phi) is 6.32. The third-order valence-electron chi connectivity index (χ3n) is 5.68. The Labute approximate surface area is 201 Å². The van der Waals surface area contributed by atoms with E-state index in [0.29, 0.717) is 17.0 Å². The zero-order chi connectivity index (χ0) is 24.6. The van der Waals surface area contributed by atoms with Crippen LogP contribution < -0.4 is 10.8 Å². The molecule has 0 spiro atoms. The van der Waals surface area contributed by atoms with Gasteiger partial charge in [-0.1, -0.05) is 6.07 Å². The Balaban J connectivity index is 1.50. The molecule has 8 nitrogen and oxygen atoms in total. The normalized spacial score (nSPS) is 13.9. The largest absolute Gasteiger partial charge is 0.448 e. The number of hydrogen-bond acceptors (Lipinski definition) is 6. The van der Waals surface area contributed by atoms with E-state index in [-0.39, 0.29) is 41.9 Å². The summed E-state index contributed by atoms with van der Waals surface area (Å²) in [5.74, 6) is 0.221. The van der Waals surface area contributed by atoms with Crippen LogP contribution in [0.4, 0.5) is 10.2 Å². The van der Waals surface area contributed by atoms with Crippen molar-refractivity contribution in [1.29, 1.82) is 0 Å². The van der Waals surface area contributed by atoms with Crippen molar-refractivity contribution in [1.82, 2.24) is 9.38 Å². The molecule has 5 rings (SSSR count). The lowest BCUT2D eigenvalue weighted by atomic mass is 10.1. The van der Waals surface area contributed by atoms with E-state index in [1.165, 1.54) is 12.1 Å². The number of benzene rings is 1. The van der Waals surface area contributed by atoms with Gasteiger partial charge >= 0.3 is 7.60 Å². The summed E-state index contributed by atoms with van der Waals surface area (Å²) in [6.45, 7) is 3.76. The summed E-state index contributed by atoms with van der Waals surface area (Å²) in [5, 5.41) is 2.86. The van der Waals surface area contributed by atoms with Crippen LogP contribution in [0.15, 0.2) is 59.1 Å². The molecule has 0 unspecified atom stereocenters. The number of amides is 1. The molecule has 1 saturated carbocycles. The zero-order valence-corrected chi connectivity index (χ0v) is 20.3. The van der Waals surface area contributed by atoms with Gasteiger partial charge < -0.3 is 18.8 Å². The lowest BCUT2D eigenvalue weighted by molar-refractivity contribution is -0.117. The lowest BCUT2D eigenvalue weighted by Crippen LogP contribution is -2.13. The van der Waals surface area contributed by atoms with Crippen molar-refractivity contribution in [2.45, 2.75) is 26.7 Å². The molecule has 1 N–H and O–H groups in total. The van der Waals surface area contributed by atoms with E-state index in [1.807, 2.05) is 22.6 Å². The number of pyridine rings is 1. The van der Waals surface area contributed by atoms with Crippen molar-refractivity contribution in [3.05, 3.63) is 60.5 Å². The van der Waals surface area contributed by atoms with Crippen LogP contribution in [0.5, 0.6) is 0 Å². The topological polar surface area (TPSA) is 95.1 Å². The number of furan rings is 1. The minimum absolute atomic E-state index is 0.0220. The number of nitrogens with zero attached hydrogens (tertiary/aromatic N) is 2. The van der Waals surface area contributed by atoms with Gasteiger partial charge in [0.2, 0.25) is 11.4 Å². The molecule has 1 aliphatic rings. The van der Waals surface area contributed by atoms with Gasteiger partial charge in [-0.15, -0.1) is 0 Å². The molecule has 10 heteroatoms. The first-order valence-electron chi connectivity index (χ1n) is 11.5. The van der Waals surface area contributed by atoms with Gasteiger partial charge in [0.1, 0.15) is 17.2 Å². The molecule has 1 aromatic carbocycles. The molecule has 0 atom stereocenters. The Morgan fingerprint density at radius 3 is 2.66 bits per heavy atom. The monoisotopic (exact) mass is 497 g/mol. The van der Waals surface area contributed by atoms with Crippen molar-refractivity contribution < 1.29 is 27.2 Å². The van der Waals surface area contributed by atoms with Crippen LogP contribution in [0.1, 0.15) is 26.7 Å². The minimum Gasteiger partial charge on any atom is -0.448 e. The molecular weight excluding hydrogens is 472 g/mol. The number of aromatic nitrogens is 2. The Morgan fingerprint density at radius 1 is 1.17 bits per heavy atom. The molecule has 0 radical (unpaired) electrons. The molecule has 3 aromatic heterocycles. The predicted molar refractivity (Wildman–Crippen MR) is 130 cm³/mol. The van der Waals surface area contributed by atoms with Crippen molar-refractivity contribution >= 4 is 30.5 Å². The molecule has 4 aromatic rings. The second-order valence-corrected chi connectivity index (χ2v) is 10.1. The molecule has 0 aliphatic heterocycles. The summed E-state index contributed by atoms with van der Waals surface area (Å²) in [6, 6.07) is 13.3. The summed E-state index contributed by atoms with van der Waals surface area (Å²) < 4.78 is 46.1. The summed E-state index contributed by atoms with van der Waals surface area (Å²) >= 11 is 0. The van der Waals surface area contributed by atoms with Crippen LogP contribution >= 0.6 is 7.60 Å². The van der Waals surface area contributed by atoms with Crippen LogP contribution in [0.2, 0.25) is 0 Å². The molecule has 0 saturated heterocycles. The number of nitrogens with one attached hydrogen (secondary N) is 1. The molecule has 0 bridgehead atoms. The van der Waals surface area contributed by atoms with E-state index in [1.54, 1.807) is 38.2 Å². The average molecular weight is 497 g/mol. The van der Waals surface area contributed by atoms with Crippen LogP contribution in [0.3, 0.4) is 0 Å². The SMILES string of the molecule is CCOP(=O)(OCC)c1ccc(-c2cc(-c3cccc4nc(NC(=O)C5CC5)cn34)ccc2F)o1. The molecule has 182 valence electrons. The van der Waals surface area contributed by atoms with Crippen LogP contribution in [-0.4, -0.2) is 28.5 Å². The molecule has 35 heavy (non-hydrogen) atoms. The Morgan fingerprint density at radius 2 is 1.94 bits per heavy atom. The molecule has 1 amide bonds. The van der Waals surface area contributed by atoms with Gasteiger partial charge in [-0.2, -0.15) is 0 Å². The first kappa shape index (κ1) is 23.5. The molecule has 3 heterocycles. The molecule has 1 aliphatic carbocycles. The average Bonchev–Trinajstić information content (AvgIpc) is 3.42. The van der Waals surface area contributed by atoms with Crippen molar-refractivity contribution in [2.75, 3.05) is 18.5 Å². The smallest absolute Gasteiger partial charge is 0.396 e. The predicted octanol–water partition coefficient (Wildman–Crippen LogP) is 5.64. The van der Waals surface area contributed by atoms with Gasteiger partial charge in [-0.05, 0) is 74.7 Å². The van der Waals surface area contributed by atoms with Gasteiger partial charge in [0.15, 0.2) is 5.82 Å². The summed E-state index contributed by atoms with van der Waals surface area (Å²) in [7, 11) is -3.64. The van der Waals surface area contributed by atoms with Gasteiger partial charge in [0, 0.05) is 5.92 Å². The van der Waals surface area contributed by atoms with Crippen molar-refractivity contribution in [3.63, 3.8) is 0 Å². The third-order valence-corrected chi connectivity index (χ3v) is 7.66. The van der Waals surface area contributed by atoms with Gasteiger partial charge in [0.25, 0.3) is 0 Å². The highest BCUT2D eigenvalue weighted by Crippen LogP contribution is 2.48. The minimum atomic E-state index is -3.64. The zero-order valence-electron chi connectivity index (χ0n) is 19.4. The molecule has 1 fully saturated rings. The highest BCUT2D eigenvalue weighted by molar-refractivity contribution is 7.61. The number of rotatable bonds is 9. The maximum Gasteiger partial charge on any atom is 0.396 e. The Bertz CT molecular complexity index is 1430. The van der Waals surface area contributed by atoms with E-state index >= 15 is 0 Å². The summed E-state index contributed by atoms with van der Waals surface area (Å²) in [5.41, 5.74) is 2.33. The van der Waals surface area contributed by atoms with Crippen LogP contribution in [0, 0.1) is 11.7 Å². The number of halogens is 1. The highest BCUT2D eigenvalue weighted by Gasteiger charge is 2.32. The van der Waals surface area contributed by atoms with Gasteiger partial charge in [-0.3, -0.25) is 13.8 Å². The van der Waals surface area contributed by atoms with E-state index in [0.717, 1.165) is 18.5 Å². The van der Waals surface area contributed by atoms with E-state index in [9.17, 15) is 13.8 Å². The van der Waals surface area contributed by atoms with Gasteiger partial charge in [0.05, 0.1) is 30.7 Å². The van der Waals surface area contributed by atoms with Crippen molar-refractivity contribution in [3.8, 4) is 22.6 Å². The van der Waals surface area contributed by atoms with Crippen LogP contribution in [0.25, 0.3) is 28.2 Å². The second kappa shape index (κ2) is 9.41. The standard InChI is InChI=1S/C25H25FN3O5P/c1-3-32-35(31,33-4-2)24-13-12-21(34-24)18-14-17(10-11-19(18)26)20-6-5-7-23-27-22(15-29(20)23)28-25(30)16-8-9-16/h5-7,10-16H,3-4,8-9H2,1-2H3,(H,28,30). The number of carbonyl (C=O) groups excluding carboxylic acids is 1. The van der Waals surface area contributed by atoms with E-state index in [2.05, 4.69) is 10.3 Å². The number of fused-ring (bicyclic) bond motifs is 1. The van der Waals surface area contributed by atoms with Gasteiger partial charge in [-0.25, -0.2) is 9.37 Å². The number of anilines is 1. The van der Waals surface area contributed by atoms with E-state index < -0.39 is 13.4 Å². The third kappa shape index (κ3) is 4.67. The van der Waals surface area contributed by atoms with Crippen molar-refractivity contribution in [2.24, 2.45) is 5.92 Å². The fraction of sp³-hybridized carbons (Fsp3) is 0.280. The van der Waals surface area contributed by atoms with Crippen LogP contribution in [-0.2, 0) is 18.4 Å².